The molecule has 0 aromatic heterocycles. The van der Waals surface area contributed by atoms with Crippen molar-refractivity contribution in [3.63, 3.8) is 0 Å². The summed E-state index contributed by atoms with van der Waals surface area (Å²) in [6, 6.07) is 6.69. The Labute approximate surface area is 79.4 Å². The van der Waals surface area contributed by atoms with Crippen LogP contribution >= 0.6 is 0 Å². The van der Waals surface area contributed by atoms with Gasteiger partial charge in [0.15, 0.2) is 0 Å². The van der Waals surface area contributed by atoms with Gasteiger partial charge in [0.25, 0.3) is 0 Å². The van der Waals surface area contributed by atoms with Gasteiger partial charge in [0, 0.05) is 0 Å². The van der Waals surface area contributed by atoms with E-state index in [-0.39, 0.29) is 0 Å². The molecule has 0 saturated heterocycles. The molecule has 1 rings (SSSR count). The van der Waals surface area contributed by atoms with Gasteiger partial charge in [0.2, 0.25) is 0 Å². The van der Waals surface area contributed by atoms with Gasteiger partial charge in [-0.05, 0) is 6.92 Å². The Morgan fingerprint density at radius 2 is 1.75 bits per heavy atom. The van der Waals surface area contributed by atoms with Crippen LogP contribution in [-0.4, -0.2) is 18.3 Å². The van der Waals surface area contributed by atoms with Crippen LogP contribution < -0.4 is 10.4 Å². The average molecular weight is 191 g/mol. The molecule has 2 heteroatoms. The molecule has 3 radical (unpaired) electrons. The van der Waals surface area contributed by atoms with Gasteiger partial charge >= 0.3 is 0 Å². The molecule has 63 valence electrons. The number of aryl methyl sites for hydroxylation is 1. The predicted molar refractivity (Wildman–Crippen MR) is 59.5 cm³/mol. The molecular formula is C10H15Si2. The highest BCUT2D eigenvalue weighted by atomic mass is 28.3. The lowest BCUT2D eigenvalue weighted by atomic mass is 10.2. The van der Waals surface area contributed by atoms with Crippen LogP contribution in [-0.2, 0) is 0 Å². The van der Waals surface area contributed by atoms with Crippen molar-refractivity contribution >= 4 is 28.7 Å². The zero-order valence-electron chi connectivity index (χ0n) is 8.23. The molecule has 1 aromatic rings. The summed E-state index contributed by atoms with van der Waals surface area (Å²) in [4.78, 5) is 0. The Kier molecular flexibility index (Phi) is 2.59. The van der Waals surface area contributed by atoms with E-state index in [4.69, 9.17) is 0 Å². The normalized spacial score (nSPS) is 11.8. The monoisotopic (exact) mass is 191 g/mol. The van der Waals surface area contributed by atoms with Crippen LogP contribution in [0.1, 0.15) is 5.56 Å². The summed E-state index contributed by atoms with van der Waals surface area (Å²) in [5.41, 5.74) is 1.34. The largest absolute Gasteiger partial charge is 0.0776 e. The lowest BCUT2D eigenvalue weighted by molar-refractivity contribution is 1.52. The van der Waals surface area contributed by atoms with Crippen molar-refractivity contribution < 1.29 is 0 Å². The predicted octanol–water partition coefficient (Wildman–Crippen LogP) is 1.33. The van der Waals surface area contributed by atoms with E-state index >= 15 is 0 Å². The van der Waals surface area contributed by atoms with Gasteiger partial charge in [-0.3, -0.25) is 0 Å². The Morgan fingerprint density at radius 3 is 2.17 bits per heavy atom. The van der Waals surface area contributed by atoms with Crippen molar-refractivity contribution in [2.45, 2.75) is 26.6 Å². The first-order valence-corrected chi connectivity index (χ1v) is 8.24. The number of hydrogen-bond donors (Lipinski definition) is 0. The first-order valence-electron chi connectivity index (χ1n) is 4.24. The molecule has 0 heterocycles. The first-order chi connectivity index (χ1) is 5.41. The summed E-state index contributed by atoms with van der Waals surface area (Å²) in [5.74, 6) is 0. The van der Waals surface area contributed by atoms with E-state index in [0.717, 1.165) is 0 Å². The Hall–Kier alpha value is -0.346. The van der Waals surface area contributed by atoms with Crippen molar-refractivity contribution in [2.75, 3.05) is 0 Å². The highest BCUT2D eigenvalue weighted by Gasteiger charge is 2.15. The highest BCUT2D eigenvalue weighted by Crippen LogP contribution is 2.02. The summed E-state index contributed by atoms with van der Waals surface area (Å²) in [6.45, 7) is 9.26. The van der Waals surface area contributed by atoms with Crippen molar-refractivity contribution in [2.24, 2.45) is 0 Å². The zero-order valence-corrected chi connectivity index (χ0v) is 10.2. The van der Waals surface area contributed by atoms with Gasteiger partial charge in [0.05, 0.1) is 18.3 Å². The van der Waals surface area contributed by atoms with Crippen LogP contribution in [0.25, 0.3) is 0 Å². The number of rotatable bonds is 1. The van der Waals surface area contributed by atoms with Crippen LogP contribution in [0.15, 0.2) is 18.2 Å². The highest BCUT2D eigenvalue weighted by molar-refractivity contribution is 6.88. The molecular weight excluding hydrogens is 176 g/mol. The minimum Gasteiger partial charge on any atom is -0.0656 e. The summed E-state index contributed by atoms with van der Waals surface area (Å²) in [5, 5.41) is 2.74. The molecule has 0 fully saturated rings. The van der Waals surface area contributed by atoms with E-state index in [1.54, 1.807) is 0 Å². The molecule has 12 heavy (non-hydrogen) atoms. The van der Waals surface area contributed by atoms with E-state index in [1.165, 1.54) is 15.9 Å². The maximum absolute atomic E-state index is 3.56. The van der Waals surface area contributed by atoms with Crippen molar-refractivity contribution in [3.05, 3.63) is 23.8 Å². The summed E-state index contributed by atoms with van der Waals surface area (Å²) in [6.07, 6.45) is 0. The molecule has 1 aromatic carbocycles. The summed E-state index contributed by atoms with van der Waals surface area (Å²) < 4.78 is 0. The molecule has 0 nitrogen and oxygen atoms in total. The second-order valence-corrected chi connectivity index (χ2v) is 9.90. The lowest BCUT2D eigenvalue weighted by Crippen LogP contribution is -2.38. The third-order valence-electron chi connectivity index (χ3n) is 2.09. The number of benzene rings is 1. The molecule has 0 amide bonds. The molecule has 0 bridgehead atoms. The molecule has 0 N–H and O–H groups in total. The second kappa shape index (κ2) is 3.19. The van der Waals surface area contributed by atoms with Gasteiger partial charge in [-0.1, -0.05) is 53.8 Å². The summed E-state index contributed by atoms with van der Waals surface area (Å²) >= 11 is 0. The van der Waals surface area contributed by atoms with E-state index in [9.17, 15) is 0 Å². The van der Waals surface area contributed by atoms with Crippen LogP contribution in [0, 0.1) is 6.92 Å². The molecule has 0 spiro atoms. The van der Waals surface area contributed by atoms with Gasteiger partial charge in [-0.2, -0.15) is 0 Å². The van der Waals surface area contributed by atoms with E-state index in [1.807, 2.05) is 0 Å². The molecule has 0 aliphatic heterocycles. The zero-order chi connectivity index (χ0) is 9.35. The quantitative estimate of drug-likeness (QED) is 0.588. The lowest BCUT2D eigenvalue weighted by Gasteiger charge is -2.17. The molecule has 0 unspecified atom stereocenters. The van der Waals surface area contributed by atoms with E-state index < -0.39 is 8.07 Å². The molecule has 0 aliphatic rings. The van der Waals surface area contributed by atoms with Crippen LogP contribution in [0.3, 0.4) is 0 Å². The van der Waals surface area contributed by atoms with Crippen LogP contribution in [0.5, 0.6) is 0 Å². The Bertz CT molecular complexity index is 284. The standard InChI is InChI=1S/C10H15Si2/c1-8-7-9(12(2,3)4)5-6-10(8)11/h5-7H,1-4H3. The topological polar surface area (TPSA) is 0 Å². The van der Waals surface area contributed by atoms with Crippen molar-refractivity contribution in [1.29, 1.82) is 0 Å². The van der Waals surface area contributed by atoms with Crippen molar-refractivity contribution in [3.8, 4) is 0 Å². The molecule has 0 aliphatic carbocycles. The second-order valence-electron chi connectivity index (χ2n) is 4.28. The fraction of sp³-hybridized carbons (Fsp3) is 0.400. The fourth-order valence-electron chi connectivity index (χ4n) is 1.13. The van der Waals surface area contributed by atoms with Gasteiger partial charge in [-0.25, -0.2) is 0 Å². The summed E-state index contributed by atoms with van der Waals surface area (Å²) in [7, 11) is 2.45. The smallest absolute Gasteiger partial charge is 0.0656 e. The molecule has 0 atom stereocenters. The van der Waals surface area contributed by atoms with E-state index in [0.29, 0.717) is 0 Å². The maximum atomic E-state index is 3.56. The minimum absolute atomic E-state index is 1.11. The van der Waals surface area contributed by atoms with E-state index in [2.05, 4.69) is 55.0 Å². The fourth-order valence-corrected chi connectivity index (χ4v) is 2.52. The SMILES string of the molecule is Cc1cc([Si](C)(C)C)ccc1[Si]. The Morgan fingerprint density at radius 1 is 1.17 bits per heavy atom. The number of hydrogen-bond acceptors (Lipinski definition) is 0. The third kappa shape index (κ3) is 2.08. The van der Waals surface area contributed by atoms with Crippen LogP contribution in [0.4, 0.5) is 0 Å². The first kappa shape index (κ1) is 9.74. The molecule has 0 saturated carbocycles. The van der Waals surface area contributed by atoms with Gasteiger partial charge in [0.1, 0.15) is 0 Å². The maximum Gasteiger partial charge on any atom is 0.0776 e. The van der Waals surface area contributed by atoms with Crippen molar-refractivity contribution in [1.82, 2.24) is 0 Å². The third-order valence-corrected chi connectivity index (χ3v) is 4.70. The van der Waals surface area contributed by atoms with Crippen LogP contribution in [0.2, 0.25) is 19.6 Å². The van der Waals surface area contributed by atoms with Gasteiger partial charge < -0.3 is 0 Å². The average Bonchev–Trinajstić information content (AvgIpc) is 1.92. The Balaban J connectivity index is 3.14. The van der Waals surface area contributed by atoms with Gasteiger partial charge in [-0.15, -0.1) is 0 Å². The minimum atomic E-state index is -1.11.